The summed E-state index contributed by atoms with van der Waals surface area (Å²) >= 11 is 0. The van der Waals surface area contributed by atoms with Gasteiger partial charge in [-0.3, -0.25) is 0 Å². The Balaban J connectivity index is 1.98. The van der Waals surface area contributed by atoms with Gasteiger partial charge in [-0.05, 0) is 26.7 Å². The van der Waals surface area contributed by atoms with E-state index in [4.69, 9.17) is 18.9 Å². The van der Waals surface area contributed by atoms with Crippen LogP contribution in [-0.2, 0) is 18.9 Å². The molecule has 0 amide bonds. The Labute approximate surface area is 109 Å². The summed E-state index contributed by atoms with van der Waals surface area (Å²) < 4.78 is 23.4. The summed E-state index contributed by atoms with van der Waals surface area (Å²) in [6.07, 6.45) is 4.30. The molecule has 0 unspecified atom stereocenters. The largest absolute Gasteiger partial charge is 0.373 e. The van der Waals surface area contributed by atoms with Crippen molar-refractivity contribution in [3.8, 4) is 0 Å². The molecule has 0 saturated carbocycles. The van der Waals surface area contributed by atoms with Crippen LogP contribution in [0.4, 0.5) is 0 Å². The molecule has 104 valence electrons. The number of ether oxygens (including phenoxy) is 4. The minimum atomic E-state index is -0.582. The second-order valence-corrected chi connectivity index (χ2v) is 5.36. The van der Waals surface area contributed by atoms with Crippen LogP contribution < -0.4 is 0 Å². The van der Waals surface area contributed by atoms with Gasteiger partial charge in [0.15, 0.2) is 12.1 Å². The Hall–Kier alpha value is -0.420. The van der Waals surface area contributed by atoms with Gasteiger partial charge in [-0.15, -0.1) is 6.58 Å². The Morgan fingerprint density at radius 3 is 2.78 bits per heavy atom. The van der Waals surface area contributed by atoms with Crippen LogP contribution in [0.25, 0.3) is 0 Å². The zero-order chi connectivity index (χ0) is 13.2. The summed E-state index contributed by atoms with van der Waals surface area (Å²) in [5.41, 5.74) is 0. The van der Waals surface area contributed by atoms with Crippen LogP contribution in [0, 0.1) is 0 Å². The van der Waals surface area contributed by atoms with Crippen LogP contribution in [0.2, 0.25) is 0 Å². The quantitative estimate of drug-likeness (QED) is 0.541. The highest BCUT2D eigenvalue weighted by molar-refractivity contribution is 4.96. The van der Waals surface area contributed by atoms with Crippen LogP contribution >= 0.6 is 0 Å². The minimum absolute atomic E-state index is 0.00884. The fourth-order valence-electron chi connectivity index (χ4n) is 2.47. The van der Waals surface area contributed by atoms with Crippen molar-refractivity contribution in [2.75, 3.05) is 6.61 Å². The molecule has 4 nitrogen and oxygen atoms in total. The first-order valence-electron chi connectivity index (χ1n) is 6.81. The summed E-state index contributed by atoms with van der Waals surface area (Å²) in [6, 6.07) is 0. The van der Waals surface area contributed by atoms with Crippen molar-refractivity contribution >= 4 is 0 Å². The van der Waals surface area contributed by atoms with E-state index in [0.717, 1.165) is 25.9 Å². The summed E-state index contributed by atoms with van der Waals surface area (Å²) in [5, 5.41) is 0. The lowest BCUT2D eigenvalue weighted by Gasteiger charge is -2.25. The molecule has 2 heterocycles. The molecule has 4 atom stereocenters. The van der Waals surface area contributed by atoms with Gasteiger partial charge in [-0.1, -0.05) is 19.4 Å². The van der Waals surface area contributed by atoms with Gasteiger partial charge < -0.3 is 18.9 Å². The zero-order valence-electron chi connectivity index (χ0n) is 11.6. The van der Waals surface area contributed by atoms with E-state index in [9.17, 15) is 0 Å². The average Bonchev–Trinajstić information content (AvgIpc) is 2.73. The number of rotatable bonds is 6. The number of hydrogen-bond acceptors (Lipinski definition) is 4. The lowest BCUT2D eigenvalue weighted by molar-refractivity contribution is -0.217. The van der Waals surface area contributed by atoms with Gasteiger partial charge in [-0.25, -0.2) is 0 Å². The molecule has 0 aromatic heterocycles. The van der Waals surface area contributed by atoms with Crippen LogP contribution in [0.3, 0.4) is 0 Å². The SMILES string of the molecule is C=CC[C@H]1O[C@@H]2OC(C)(C)O[C@@H]2[C@H]1OCCCC. The zero-order valence-corrected chi connectivity index (χ0v) is 11.6. The molecule has 0 N–H and O–H groups in total. The second-order valence-electron chi connectivity index (χ2n) is 5.36. The van der Waals surface area contributed by atoms with Gasteiger partial charge in [-0.2, -0.15) is 0 Å². The molecule has 0 aromatic rings. The summed E-state index contributed by atoms with van der Waals surface area (Å²) in [7, 11) is 0. The van der Waals surface area contributed by atoms with Crippen molar-refractivity contribution < 1.29 is 18.9 Å². The number of unbranched alkanes of at least 4 members (excludes halogenated alkanes) is 1. The maximum Gasteiger partial charge on any atom is 0.190 e. The Kier molecular flexibility index (Phi) is 4.43. The Morgan fingerprint density at radius 2 is 2.11 bits per heavy atom. The van der Waals surface area contributed by atoms with Crippen LogP contribution in [0.5, 0.6) is 0 Å². The highest BCUT2D eigenvalue weighted by atomic mass is 16.8. The molecule has 4 heteroatoms. The van der Waals surface area contributed by atoms with Crippen molar-refractivity contribution in [1.82, 2.24) is 0 Å². The first-order valence-corrected chi connectivity index (χ1v) is 6.81. The molecule has 2 saturated heterocycles. The topological polar surface area (TPSA) is 36.9 Å². The molecule has 0 bridgehead atoms. The van der Waals surface area contributed by atoms with Gasteiger partial charge in [0.2, 0.25) is 0 Å². The van der Waals surface area contributed by atoms with Gasteiger partial charge in [0.25, 0.3) is 0 Å². The van der Waals surface area contributed by atoms with E-state index in [0.29, 0.717) is 0 Å². The Bertz CT molecular complexity index is 290. The molecule has 0 aromatic carbocycles. The standard InChI is InChI=1S/C14H24O4/c1-5-7-9-15-11-10(8-6-2)16-13-12(11)17-14(3,4)18-13/h6,10-13H,2,5,7-9H2,1,3-4H3/t10-,11+,12-,13-/m1/s1. The highest BCUT2D eigenvalue weighted by Gasteiger charge is 2.54. The van der Waals surface area contributed by atoms with Gasteiger partial charge >= 0.3 is 0 Å². The van der Waals surface area contributed by atoms with Crippen LogP contribution in [0.15, 0.2) is 12.7 Å². The van der Waals surface area contributed by atoms with Crippen molar-refractivity contribution in [1.29, 1.82) is 0 Å². The minimum Gasteiger partial charge on any atom is -0.373 e. The molecule has 2 aliphatic rings. The molecule has 0 radical (unpaired) electrons. The predicted octanol–water partition coefficient (Wildman–Crippen LogP) is 2.62. The van der Waals surface area contributed by atoms with Crippen molar-refractivity contribution in [2.24, 2.45) is 0 Å². The highest BCUT2D eigenvalue weighted by Crippen LogP contribution is 2.39. The molecular weight excluding hydrogens is 232 g/mol. The van der Waals surface area contributed by atoms with Gasteiger partial charge in [0.1, 0.15) is 12.2 Å². The lowest BCUT2D eigenvalue weighted by Crippen LogP contribution is -2.37. The molecular formula is C14H24O4. The molecule has 0 aliphatic carbocycles. The molecule has 2 aliphatic heterocycles. The first kappa shape index (κ1) is 14.0. The Morgan fingerprint density at radius 1 is 1.33 bits per heavy atom. The van der Waals surface area contributed by atoms with Gasteiger partial charge in [0.05, 0.1) is 6.10 Å². The van der Waals surface area contributed by atoms with Crippen LogP contribution in [0.1, 0.15) is 40.0 Å². The second kappa shape index (κ2) is 5.70. The lowest BCUT2D eigenvalue weighted by atomic mass is 10.1. The molecule has 2 rings (SSSR count). The third-order valence-corrected chi connectivity index (χ3v) is 3.29. The average molecular weight is 256 g/mol. The van der Waals surface area contributed by atoms with Crippen molar-refractivity contribution in [2.45, 2.75) is 70.4 Å². The normalized spacial score (nSPS) is 37.7. The van der Waals surface area contributed by atoms with Crippen molar-refractivity contribution in [3.63, 3.8) is 0 Å². The maximum atomic E-state index is 5.94. The van der Waals surface area contributed by atoms with E-state index >= 15 is 0 Å². The van der Waals surface area contributed by atoms with E-state index in [-0.39, 0.29) is 24.6 Å². The van der Waals surface area contributed by atoms with E-state index in [1.165, 1.54) is 0 Å². The third-order valence-electron chi connectivity index (χ3n) is 3.29. The van der Waals surface area contributed by atoms with Gasteiger partial charge in [0, 0.05) is 6.61 Å². The monoisotopic (exact) mass is 256 g/mol. The van der Waals surface area contributed by atoms with E-state index < -0.39 is 5.79 Å². The smallest absolute Gasteiger partial charge is 0.190 e. The number of fused-ring (bicyclic) bond motifs is 1. The number of hydrogen-bond donors (Lipinski definition) is 0. The van der Waals surface area contributed by atoms with E-state index in [1.807, 2.05) is 19.9 Å². The summed E-state index contributed by atoms with van der Waals surface area (Å²) in [6.45, 7) is 10.5. The predicted molar refractivity (Wildman–Crippen MR) is 68.2 cm³/mol. The first-order chi connectivity index (χ1) is 8.57. The third kappa shape index (κ3) is 2.94. The van der Waals surface area contributed by atoms with E-state index in [1.54, 1.807) is 0 Å². The molecule has 0 spiro atoms. The fourth-order valence-corrected chi connectivity index (χ4v) is 2.47. The molecule has 2 fully saturated rings. The fraction of sp³-hybridized carbons (Fsp3) is 0.857. The van der Waals surface area contributed by atoms with Crippen LogP contribution in [-0.4, -0.2) is 37.0 Å². The maximum absolute atomic E-state index is 5.94. The molecule has 18 heavy (non-hydrogen) atoms. The van der Waals surface area contributed by atoms with Crippen molar-refractivity contribution in [3.05, 3.63) is 12.7 Å². The summed E-state index contributed by atoms with van der Waals surface area (Å²) in [4.78, 5) is 0. The summed E-state index contributed by atoms with van der Waals surface area (Å²) in [5.74, 6) is -0.582. The van der Waals surface area contributed by atoms with E-state index in [2.05, 4.69) is 13.5 Å².